The van der Waals surface area contributed by atoms with Gasteiger partial charge in [-0.2, -0.15) is 5.10 Å². The molecule has 1 amide bonds. The summed E-state index contributed by atoms with van der Waals surface area (Å²) in [5, 5.41) is 8.24. The first-order valence-electron chi connectivity index (χ1n) is 7.78. The lowest BCUT2D eigenvalue weighted by atomic mass is 10.1. The molecule has 2 heterocycles. The normalized spacial score (nSPS) is 11.1. The van der Waals surface area contributed by atoms with E-state index in [1.54, 1.807) is 12.4 Å². The minimum atomic E-state index is -0.0614. The molecule has 118 valence electrons. The lowest BCUT2D eigenvalue weighted by Crippen LogP contribution is -2.19. The minimum Gasteiger partial charge on any atom is -0.311 e. The number of anilines is 1. The predicted molar refractivity (Wildman–Crippen MR) is 91.1 cm³/mol. The van der Waals surface area contributed by atoms with Crippen molar-refractivity contribution in [2.75, 3.05) is 5.32 Å². The molecule has 5 nitrogen and oxygen atoms in total. The Morgan fingerprint density at radius 3 is 2.83 bits per heavy atom. The lowest BCUT2D eigenvalue weighted by molar-refractivity contribution is -0.115. The number of benzene rings is 1. The van der Waals surface area contributed by atoms with E-state index in [2.05, 4.69) is 29.2 Å². The molecule has 23 heavy (non-hydrogen) atoms. The Kier molecular flexibility index (Phi) is 4.37. The van der Waals surface area contributed by atoms with Gasteiger partial charge in [-0.3, -0.25) is 9.78 Å². The highest BCUT2D eigenvalue weighted by atomic mass is 16.1. The maximum absolute atomic E-state index is 12.4. The Morgan fingerprint density at radius 1 is 1.17 bits per heavy atom. The van der Waals surface area contributed by atoms with Gasteiger partial charge in [0, 0.05) is 24.2 Å². The quantitative estimate of drug-likeness (QED) is 0.787. The minimum absolute atomic E-state index is 0.0614. The predicted octanol–water partition coefficient (Wildman–Crippen LogP) is 3.27. The van der Waals surface area contributed by atoms with E-state index in [1.165, 1.54) is 0 Å². The first kappa shape index (κ1) is 15.2. The molecule has 0 aliphatic heterocycles. The van der Waals surface area contributed by atoms with Gasteiger partial charge >= 0.3 is 0 Å². The van der Waals surface area contributed by atoms with Crippen LogP contribution in [0, 0.1) is 5.92 Å². The van der Waals surface area contributed by atoms with Gasteiger partial charge in [0.2, 0.25) is 5.91 Å². The third kappa shape index (κ3) is 3.56. The second kappa shape index (κ2) is 6.60. The number of carbonyl (C=O) groups is 1. The van der Waals surface area contributed by atoms with Crippen LogP contribution in [0.5, 0.6) is 0 Å². The third-order valence-electron chi connectivity index (χ3n) is 3.59. The van der Waals surface area contributed by atoms with Gasteiger partial charge in [-0.05, 0) is 17.5 Å². The van der Waals surface area contributed by atoms with Crippen LogP contribution in [0.3, 0.4) is 0 Å². The molecule has 0 fully saturated rings. The third-order valence-corrected chi connectivity index (χ3v) is 3.59. The summed E-state index contributed by atoms with van der Waals surface area (Å²) in [6.07, 6.45) is 3.75. The van der Waals surface area contributed by atoms with Crippen LogP contribution in [-0.2, 0) is 17.8 Å². The summed E-state index contributed by atoms with van der Waals surface area (Å²) in [4.78, 5) is 16.8. The average molecular weight is 308 g/mol. The van der Waals surface area contributed by atoms with Crippen molar-refractivity contribution in [1.82, 2.24) is 14.8 Å². The first-order valence-corrected chi connectivity index (χ1v) is 7.78. The fourth-order valence-corrected chi connectivity index (χ4v) is 2.60. The maximum atomic E-state index is 12.4. The molecule has 0 radical (unpaired) electrons. The highest BCUT2D eigenvalue weighted by Gasteiger charge is 2.11. The summed E-state index contributed by atoms with van der Waals surface area (Å²) < 4.78 is 1.82. The standard InChI is InChI=1S/C18H20N4O/c1-13(2)12-22-16(8-10-20-22)21-17(23)11-15-6-3-5-14-7-4-9-19-18(14)15/h3-10,13H,11-12H2,1-2H3,(H,21,23). The Bertz CT molecular complexity index is 817. The Labute approximate surface area is 135 Å². The molecule has 0 spiro atoms. The number of hydrogen-bond acceptors (Lipinski definition) is 3. The Balaban J connectivity index is 1.76. The van der Waals surface area contributed by atoms with Crippen LogP contribution in [0.1, 0.15) is 19.4 Å². The summed E-state index contributed by atoms with van der Waals surface area (Å²) in [5.74, 6) is 1.14. The molecule has 1 N–H and O–H groups in total. The van der Waals surface area contributed by atoms with Crippen molar-refractivity contribution in [1.29, 1.82) is 0 Å². The van der Waals surface area contributed by atoms with Crippen LogP contribution in [0.2, 0.25) is 0 Å². The SMILES string of the molecule is CC(C)Cn1nccc1NC(=O)Cc1cccc2cccnc12. The average Bonchev–Trinajstić information content (AvgIpc) is 2.94. The summed E-state index contributed by atoms with van der Waals surface area (Å²) in [7, 11) is 0. The van der Waals surface area contributed by atoms with Crippen LogP contribution in [0.4, 0.5) is 5.82 Å². The first-order chi connectivity index (χ1) is 11.1. The maximum Gasteiger partial charge on any atom is 0.230 e. The molecular formula is C18H20N4O. The van der Waals surface area contributed by atoms with Gasteiger partial charge < -0.3 is 5.32 Å². The van der Waals surface area contributed by atoms with Gasteiger partial charge in [0.15, 0.2) is 0 Å². The van der Waals surface area contributed by atoms with Crippen molar-refractivity contribution < 1.29 is 4.79 Å². The molecule has 5 heteroatoms. The van der Waals surface area contributed by atoms with Crippen molar-refractivity contribution in [2.45, 2.75) is 26.8 Å². The van der Waals surface area contributed by atoms with Crippen LogP contribution >= 0.6 is 0 Å². The molecule has 0 saturated carbocycles. The van der Waals surface area contributed by atoms with Gasteiger partial charge in [-0.25, -0.2) is 4.68 Å². The molecular weight excluding hydrogens is 288 g/mol. The van der Waals surface area contributed by atoms with Gasteiger partial charge in [-0.15, -0.1) is 0 Å². The summed E-state index contributed by atoms with van der Waals surface area (Å²) in [5.41, 5.74) is 1.80. The number of rotatable bonds is 5. The molecule has 0 unspecified atom stereocenters. The van der Waals surface area contributed by atoms with Crippen molar-refractivity contribution in [3.05, 3.63) is 54.4 Å². The Morgan fingerprint density at radius 2 is 2.00 bits per heavy atom. The molecule has 0 aliphatic rings. The van der Waals surface area contributed by atoms with Crippen LogP contribution < -0.4 is 5.32 Å². The topological polar surface area (TPSA) is 59.8 Å². The van der Waals surface area contributed by atoms with E-state index in [4.69, 9.17) is 0 Å². The molecule has 2 aromatic heterocycles. The second-order valence-corrected chi connectivity index (χ2v) is 6.01. The lowest BCUT2D eigenvalue weighted by Gasteiger charge is -2.11. The van der Waals surface area contributed by atoms with Crippen LogP contribution in [0.25, 0.3) is 10.9 Å². The number of nitrogens with zero attached hydrogens (tertiary/aromatic N) is 3. The van der Waals surface area contributed by atoms with E-state index in [0.29, 0.717) is 12.3 Å². The Hall–Kier alpha value is -2.69. The van der Waals surface area contributed by atoms with E-state index >= 15 is 0 Å². The van der Waals surface area contributed by atoms with Crippen molar-refractivity contribution in [3.8, 4) is 0 Å². The van der Waals surface area contributed by atoms with Gasteiger partial charge in [-0.1, -0.05) is 38.1 Å². The number of aromatic nitrogens is 3. The smallest absolute Gasteiger partial charge is 0.230 e. The summed E-state index contributed by atoms with van der Waals surface area (Å²) in [6.45, 7) is 5.02. The molecule has 1 aromatic carbocycles. The van der Waals surface area contributed by atoms with E-state index in [9.17, 15) is 4.79 Å². The summed E-state index contributed by atoms with van der Waals surface area (Å²) >= 11 is 0. The molecule has 0 atom stereocenters. The van der Waals surface area contributed by atoms with Crippen LogP contribution in [-0.4, -0.2) is 20.7 Å². The molecule has 0 bridgehead atoms. The van der Waals surface area contributed by atoms with E-state index < -0.39 is 0 Å². The number of pyridine rings is 1. The fraction of sp³-hybridized carbons (Fsp3) is 0.278. The fourth-order valence-electron chi connectivity index (χ4n) is 2.60. The van der Waals surface area contributed by atoms with Gasteiger partial charge in [0.25, 0.3) is 0 Å². The number of fused-ring (bicyclic) bond motifs is 1. The number of hydrogen-bond donors (Lipinski definition) is 1. The van der Waals surface area contributed by atoms with E-state index in [-0.39, 0.29) is 5.91 Å². The zero-order valence-electron chi connectivity index (χ0n) is 13.4. The second-order valence-electron chi connectivity index (χ2n) is 6.01. The number of amides is 1. The highest BCUT2D eigenvalue weighted by molar-refractivity contribution is 5.94. The van der Waals surface area contributed by atoms with Crippen LogP contribution in [0.15, 0.2) is 48.8 Å². The van der Waals surface area contributed by atoms with E-state index in [0.717, 1.165) is 28.8 Å². The van der Waals surface area contributed by atoms with Gasteiger partial charge in [0.05, 0.1) is 18.1 Å². The van der Waals surface area contributed by atoms with Crippen molar-refractivity contribution >= 4 is 22.6 Å². The zero-order chi connectivity index (χ0) is 16.2. The molecule has 3 rings (SSSR count). The highest BCUT2D eigenvalue weighted by Crippen LogP contribution is 2.17. The van der Waals surface area contributed by atoms with Crippen molar-refractivity contribution in [2.24, 2.45) is 5.92 Å². The molecule has 3 aromatic rings. The number of nitrogens with one attached hydrogen (secondary N) is 1. The van der Waals surface area contributed by atoms with Crippen molar-refractivity contribution in [3.63, 3.8) is 0 Å². The summed E-state index contributed by atoms with van der Waals surface area (Å²) in [6, 6.07) is 11.6. The van der Waals surface area contributed by atoms with Gasteiger partial charge in [0.1, 0.15) is 5.82 Å². The zero-order valence-corrected chi connectivity index (χ0v) is 13.4. The largest absolute Gasteiger partial charge is 0.311 e. The number of carbonyl (C=O) groups excluding carboxylic acids is 1. The monoisotopic (exact) mass is 308 g/mol. The number of para-hydroxylation sites is 1. The molecule has 0 saturated heterocycles. The van der Waals surface area contributed by atoms with E-state index in [1.807, 2.05) is 41.1 Å². The molecule has 0 aliphatic carbocycles.